The van der Waals surface area contributed by atoms with E-state index in [1.165, 1.54) is 33.1 Å². The highest BCUT2D eigenvalue weighted by atomic mass is 32.1. The van der Waals surface area contributed by atoms with Crippen molar-refractivity contribution in [1.29, 1.82) is 5.26 Å². The number of aromatic nitrogens is 1. The third-order valence-electron chi connectivity index (χ3n) is 4.64. The number of rotatable bonds is 6. The molecule has 2 heterocycles. The molecule has 0 fully saturated rings. The summed E-state index contributed by atoms with van der Waals surface area (Å²) in [5.74, 6) is -1.23. The quantitative estimate of drug-likeness (QED) is 0.697. The highest BCUT2D eigenvalue weighted by Crippen LogP contribution is 2.33. The molecule has 2 aromatic heterocycles. The van der Waals surface area contributed by atoms with Crippen molar-refractivity contribution >= 4 is 34.4 Å². The lowest BCUT2D eigenvalue weighted by atomic mass is 9.87. The number of nitriles is 1. The van der Waals surface area contributed by atoms with Gasteiger partial charge in [0.25, 0.3) is 0 Å². The highest BCUT2D eigenvalue weighted by molar-refractivity contribution is 7.14. The number of carbonyl (C=O) groups excluding carboxylic acids is 2. The maximum atomic E-state index is 12.3. The van der Waals surface area contributed by atoms with E-state index in [0.29, 0.717) is 15.8 Å². The Morgan fingerprint density at radius 2 is 2.31 bits per heavy atom. The summed E-state index contributed by atoms with van der Waals surface area (Å²) in [6.45, 7) is 3.59. The molecule has 1 aliphatic carbocycles. The SMILES string of the molecule is CC[C@@H]1CCc2sc(C(=O)OCC(=O)[C@@H](C#N)c3nc(C)cs3)cc2C1. The van der Waals surface area contributed by atoms with Crippen molar-refractivity contribution in [3.05, 3.63) is 37.5 Å². The van der Waals surface area contributed by atoms with Gasteiger partial charge in [-0.15, -0.1) is 22.7 Å². The van der Waals surface area contributed by atoms with Crippen molar-refractivity contribution in [3.63, 3.8) is 0 Å². The molecule has 0 saturated heterocycles. The third-order valence-corrected chi connectivity index (χ3v) is 6.89. The van der Waals surface area contributed by atoms with E-state index < -0.39 is 24.3 Å². The minimum Gasteiger partial charge on any atom is -0.453 e. The Hall–Kier alpha value is -2.04. The molecule has 136 valence electrons. The number of esters is 1. The zero-order chi connectivity index (χ0) is 18.7. The first-order chi connectivity index (χ1) is 12.5. The molecule has 0 aromatic carbocycles. The van der Waals surface area contributed by atoms with Gasteiger partial charge in [0.2, 0.25) is 0 Å². The maximum absolute atomic E-state index is 12.3. The van der Waals surface area contributed by atoms with Crippen LogP contribution in [0.2, 0.25) is 0 Å². The largest absolute Gasteiger partial charge is 0.453 e. The molecular weight excluding hydrogens is 368 g/mol. The lowest BCUT2D eigenvalue weighted by Gasteiger charge is -2.19. The summed E-state index contributed by atoms with van der Waals surface area (Å²) in [4.78, 5) is 30.6. The maximum Gasteiger partial charge on any atom is 0.348 e. The fraction of sp³-hybridized carbons (Fsp3) is 0.474. The van der Waals surface area contributed by atoms with E-state index >= 15 is 0 Å². The first-order valence-corrected chi connectivity index (χ1v) is 10.3. The van der Waals surface area contributed by atoms with Gasteiger partial charge in [-0.3, -0.25) is 4.79 Å². The predicted octanol–water partition coefficient (Wildman–Crippen LogP) is 4.06. The van der Waals surface area contributed by atoms with Crippen molar-refractivity contribution < 1.29 is 14.3 Å². The van der Waals surface area contributed by atoms with Crippen LogP contribution in [0, 0.1) is 24.2 Å². The van der Waals surface area contributed by atoms with Crippen molar-refractivity contribution in [2.24, 2.45) is 5.92 Å². The smallest absolute Gasteiger partial charge is 0.348 e. The molecular formula is C19H20N2O3S2. The fourth-order valence-corrected chi connectivity index (χ4v) is 5.07. The van der Waals surface area contributed by atoms with Crippen LogP contribution in [-0.4, -0.2) is 23.3 Å². The number of fused-ring (bicyclic) bond motifs is 1. The Balaban J connectivity index is 1.61. The number of Topliss-reactive ketones (excluding diaryl/α,β-unsaturated/α-hetero) is 1. The van der Waals surface area contributed by atoms with Crippen LogP contribution in [0.3, 0.4) is 0 Å². The van der Waals surface area contributed by atoms with Crippen molar-refractivity contribution in [2.45, 2.75) is 45.4 Å². The zero-order valence-corrected chi connectivity index (χ0v) is 16.4. The summed E-state index contributed by atoms with van der Waals surface area (Å²) in [6.07, 6.45) is 4.32. The molecule has 2 aromatic rings. The van der Waals surface area contributed by atoms with Gasteiger partial charge >= 0.3 is 5.97 Å². The molecule has 0 radical (unpaired) electrons. The van der Waals surface area contributed by atoms with Crippen LogP contribution >= 0.6 is 22.7 Å². The van der Waals surface area contributed by atoms with E-state index in [9.17, 15) is 14.9 Å². The van der Waals surface area contributed by atoms with Gasteiger partial charge in [-0.05, 0) is 43.7 Å². The van der Waals surface area contributed by atoms with Gasteiger partial charge in [0.05, 0.1) is 6.07 Å². The summed E-state index contributed by atoms with van der Waals surface area (Å²) < 4.78 is 5.18. The van der Waals surface area contributed by atoms with Crippen molar-refractivity contribution in [1.82, 2.24) is 4.98 Å². The predicted molar refractivity (Wildman–Crippen MR) is 101 cm³/mol. The van der Waals surface area contributed by atoms with E-state index in [2.05, 4.69) is 11.9 Å². The zero-order valence-electron chi connectivity index (χ0n) is 14.8. The highest BCUT2D eigenvalue weighted by Gasteiger charge is 2.26. The van der Waals surface area contributed by atoms with Crippen LogP contribution in [-0.2, 0) is 22.4 Å². The van der Waals surface area contributed by atoms with Gasteiger partial charge < -0.3 is 4.74 Å². The van der Waals surface area contributed by atoms with Gasteiger partial charge in [0.15, 0.2) is 18.3 Å². The molecule has 0 bridgehead atoms. The molecule has 2 atom stereocenters. The molecule has 0 saturated carbocycles. The minimum absolute atomic E-state index is 0.407. The Kier molecular flexibility index (Phi) is 5.84. The second-order valence-electron chi connectivity index (χ2n) is 6.51. The van der Waals surface area contributed by atoms with Crippen LogP contribution in [0.5, 0.6) is 0 Å². The van der Waals surface area contributed by atoms with Gasteiger partial charge in [0, 0.05) is 16.0 Å². The Bertz CT molecular complexity index is 863. The number of ether oxygens (including phenoxy) is 1. The first kappa shape index (κ1) is 18.7. The average Bonchev–Trinajstić information content (AvgIpc) is 3.25. The number of hydrogen-bond donors (Lipinski definition) is 0. The normalized spacial score (nSPS) is 17.2. The van der Waals surface area contributed by atoms with Crippen LogP contribution < -0.4 is 0 Å². The second kappa shape index (κ2) is 8.11. The Morgan fingerprint density at radius 1 is 1.50 bits per heavy atom. The van der Waals surface area contributed by atoms with E-state index in [-0.39, 0.29) is 0 Å². The van der Waals surface area contributed by atoms with Gasteiger partial charge in [-0.1, -0.05) is 13.3 Å². The number of ketones is 1. The summed E-state index contributed by atoms with van der Waals surface area (Å²) >= 11 is 2.73. The number of nitrogens with zero attached hydrogens (tertiary/aromatic N) is 2. The molecule has 0 N–H and O–H groups in total. The van der Waals surface area contributed by atoms with Crippen LogP contribution in [0.15, 0.2) is 11.4 Å². The molecule has 3 rings (SSSR count). The summed E-state index contributed by atoms with van der Waals surface area (Å²) in [5.41, 5.74) is 2.00. The summed E-state index contributed by atoms with van der Waals surface area (Å²) in [5, 5.41) is 11.5. The van der Waals surface area contributed by atoms with Gasteiger partial charge in [0.1, 0.15) is 9.88 Å². The summed E-state index contributed by atoms with van der Waals surface area (Å²) in [7, 11) is 0. The number of aryl methyl sites for hydroxylation is 2. The minimum atomic E-state index is -0.983. The standard InChI is InChI=1S/C19H20N2O3S2/c1-3-12-4-5-16-13(6-12)7-17(26-16)19(23)24-9-15(22)14(8-20)18-21-11(2)10-25-18/h7,10,12,14H,3-6,9H2,1-2H3/t12-,14-/m1/s1. The van der Waals surface area contributed by atoms with Gasteiger partial charge in [-0.25, -0.2) is 9.78 Å². The molecule has 1 aliphatic rings. The molecule has 26 heavy (non-hydrogen) atoms. The van der Waals surface area contributed by atoms with E-state index in [0.717, 1.165) is 31.4 Å². The monoisotopic (exact) mass is 388 g/mol. The second-order valence-corrected chi connectivity index (χ2v) is 8.53. The van der Waals surface area contributed by atoms with Gasteiger partial charge in [-0.2, -0.15) is 5.26 Å². The van der Waals surface area contributed by atoms with Crippen molar-refractivity contribution in [3.8, 4) is 6.07 Å². The number of carbonyl (C=O) groups is 2. The topological polar surface area (TPSA) is 80.0 Å². The van der Waals surface area contributed by atoms with Crippen LogP contribution in [0.4, 0.5) is 0 Å². The number of thiophene rings is 1. The molecule has 0 unspecified atom stereocenters. The average molecular weight is 389 g/mol. The van der Waals surface area contributed by atoms with E-state index in [4.69, 9.17) is 4.74 Å². The Morgan fingerprint density at radius 3 is 2.96 bits per heavy atom. The first-order valence-electron chi connectivity index (χ1n) is 8.64. The number of hydrogen-bond acceptors (Lipinski definition) is 7. The van der Waals surface area contributed by atoms with Crippen LogP contribution in [0.1, 0.15) is 56.5 Å². The van der Waals surface area contributed by atoms with E-state index in [1.807, 2.05) is 12.1 Å². The van der Waals surface area contributed by atoms with Crippen LogP contribution in [0.25, 0.3) is 0 Å². The summed E-state index contributed by atoms with van der Waals surface area (Å²) in [6, 6.07) is 3.86. The lowest BCUT2D eigenvalue weighted by Crippen LogP contribution is -2.19. The molecule has 0 amide bonds. The molecule has 0 spiro atoms. The number of thiazole rings is 1. The van der Waals surface area contributed by atoms with E-state index in [1.54, 1.807) is 12.3 Å². The molecule has 7 heteroatoms. The van der Waals surface area contributed by atoms with Crippen molar-refractivity contribution in [2.75, 3.05) is 6.61 Å². The third kappa shape index (κ3) is 4.02. The lowest BCUT2D eigenvalue weighted by molar-refractivity contribution is -0.122. The molecule has 5 nitrogen and oxygen atoms in total. The molecule has 0 aliphatic heterocycles. The Labute approximate surface area is 160 Å². The fourth-order valence-electron chi connectivity index (χ4n) is 3.11.